The van der Waals surface area contributed by atoms with E-state index >= 15 is 0 Å². The predicted molar refractivity (Wildman–Crippen MR) is 99.0 cm³/mol. The molecule has 8 heteroatoms. The SMILES string of the molecule is O=C(O)C1CCN(C(=O)NC2CCCc3sc(-c4ccc(F)cc4)nc32)C1. The number of carbonyl (C=O) groups excluding carboxylic acids is 1. The number of nitrogens with zero attached hydrogens (tertiary/aromatic N) is 2. The summed E-state index contributed by atoms with van der Waals surface area (Å²) in [4.78, 5) is 31.1. The second-order valence-electron chi connectivity index (χ2n) is 7.00. The summed E-state index contributed by atoms with van der Waals surface area (Å²) in [5, 5.41) is 13.0. The molecule has 1 aliphatic heterocycles. The first-order valence-electron chi connectivity index (χ1n) is 9.05. The number of halogens is 1. The second-order valence-corrected chi connectivity index (χ2v) is 8.08. The Morgan fingerprint density at radius 1 is 1.26 bits per heavy atom. The van der Waals surface area contributed by atoms with Crippen molar-refractivity contribution >= 4 is 23.3 Å². The highest BCUT2D eigenvalue weighted by Crippen LogP contribution is 2.37. The van der Waals surface area contributed by atoms with E-state index in [1.165, 1.54) is 12.1 Å². The van der Waals surface area contributed by atoms with Gasteiger partial charge in [0.2, 0.25) is 0 Å². The van der Waals surface area contributed by atoms with E-state index in [2.05, 4.69) is 5.32 Å². The molecule has 2 atom stereocenters. The van der Waals surface area contributed by atoms with Gasteiger partial charge >= 0.3 is 12.0 Å². The first kappa shape index (κ1) is 17.9. The molecule has 1 aromatic carbocycles. The molecular formula is C19H20FN3O3S. The molecule has 2 aromatic rings. The fourth-order valence-electron chi connectivity index (χ4n) is 3.66. The monoisotopic (exact) mass is 389 g/mol. The number of urea groups is 1. The number of rotatable bonds is 3. The molecule has 27 heavy (non-hydrogen) atoms. The quantitative estimate of drug-likeness (QED) is 0.842. The van der Waals surface area contributed by atoms with Gasteiger partial charge in [0, 0.05) is 23.5 Å². The molecule has 0 spiro atoms. The number of benzene rings is 1. The van der Waals surface area contributed by atoms with E-state index in [0.29, 0.717) is 13.0 Å². The van der Waals surface area contributed by atoms with E-state index in [-0.39, 0.29) is 24.4 Å². The summed E-state index contributed by atoms with van der Waals surface area (Å²) >= 11 is 1.59. The van der Waals surface area contributed by atoms with Gasteiger partial charge in [0.25, 0.3) is 0 Å². The fourth-order valence-corrected chi connectivity index (χ4v) is 4.83. The molecule has 2 unspecified atom stereocenters. The third-order valence-corrected chi connectivity index (χ3v) is 6.35. The number of amides is 2. The van der Waals surface area contributed by atoms with Crippen molar-refractivity contribution in [1.29, 1.82) is 0 Å². The molecule has 0 saturated carbocycles. The van der Waals surface area contributed by atoms with Gasteiger partial charge in [-0.15, -0.1) is 11.3 Å². The third kappa shape index (κ3) is 3.66. The molecule has 0 bridgehead atoms. The Morgan fingerprint density at radius 2 is 2.04 bits per heavy atom. The van der Waals surface area contributed by atoms with Gasteiger partial charge in [-0.3, -0.25) is 4.79 Å². The largest absolute Gasteiger partial charge is 0.481 e. The lowest BCUT2D eigenvalue weighted by molar-refractivity contribution is -0.141. The van der Waals surface area contributed by atoms with Crippen LogP contribution < -0.4 is 5.32 Å². The summed E-state index contributed by atoms with van der Waals surface area (Å²) < 4.78 is 13.2. The molecular weight excluding hydrogens is 369 g/mol. The van der Waals surface area contributed by atoms with Crippen LogP contribution in [-0.2, 0) is 11.2 Å². The number of carboxylic acids is 1. The highest BCUT2D eigenvalue weighted by atomic mass is 32.1. The van der Waals surface area contributed by atoms with Crippen LogP contribution in [0.3, 0.4) is 0 Å². The number of hydrogen-bond donors (Lipinski definition) is 2. The first-order chi connectivity index (χ1) is 13.0. The summed E-state index contributed by atoms with van der Waals surface area (Å²) in [6.07, 6.45) is 3.18. The second kappa shape index (κ2) is 7.26. The van der Waals surface area contributed by atoms with Crippen molar-refractivity contribution in [2.75, 3.05) is 13.1 Å². The van der Waals surface area contributed by atoms with Crippen molar-refractivity contribution in [3.05, 3.63) is 40.7 Å². The van der Waals surface area contributed by atoms with Gasteiger partial charge in [0.15, 0.2) is 0 Å². The van der Waals surface area contributed by atoms with Gasteiger partial charge in [-0.05, 0) is 49.9 Å². The van der Waals surface area contributed by atoms with Crippen molar-refractivity contribution < 1.29 is 19.1 Å². The van der Waals surface area contributed by atoms with E-state index in [4.69, 9.17) is 10.1 Å². The third-order valence-electron chi connectivity index (χ3n) is 5.17. The van der Waals surface area contributed by atoms with Crippen LogP contribution in [0.5, 0.6) is 0 Å². The van der Waals surface area contributed by atoms with E-state index in [1.807, 2.05) is 0 Å². The van der Waals surface area contributed by atoms with Gasteiger partial charge in [0.05, 0.1) is 17.7 Å². The van der Waals surface area contributed by atoms with Crippen LogP contribution in [0.4, 0.5) is 9.18 Å². The highest BCUT2D eigenvalue weighted by Gasteiger charge is 2.33. The highest BCUT2D eigenvalue weighted by molar-refractivity contribution is 7.15. The lowest BCUT2D eigenvalue weighted by atomic mass is 9.98. The number of nitrogens with one attached hydrogen (secondary N) is 1. The maximum atomic E-state index is 13.2. The normalized spacial score (nSPS) is 21.7. The maximum Gasteiger partial charge on any atom is 0.317 e. The van der Waals surface area contributed by atoms with Crippen LogP contribution in [0.1, 0.15) is 35.9 Å². The number of aliphatic carboxylic acids is 1. The number of carbonyl (C=O) groups is 2. The minimum absolute atomic E-state index is 0.171. The molecule has 2 heterocycles. The van der Waals surface area contributed by atoms with E-state index in [0.717, 1.165) is 40.4 Å². The van der Waals surface area contributed by atoms with Gasteiger partial charge in [0.1, 0.15) is 10.8 Å². The fraction of sp³-hybridized carbons (Fsp3) is 0.421. The number of carboxylic acid groups (broad SMARTS) is 1. The van der Waals surface area contributed by atoms with Crippen LogP contribution in [0.25, 0.3) is 10.6 Å². The Hall–Kier alpha value is -2.48. The maximum absolute atomic E-state index is 13.2. The number of fused-ring (bicyclic) bond motifs is 1. The standard InChI is InChI=1S/C19H20FN3O3S/c20-13-6-4-11(5-7-13)17-22-16-14(2-1-3-15(16)27-17)21-19(26)23-9-8-12(10-23)18(24)25/h4-7,12,14H,1-3,8-10H2,(H,21,26)(H,24,25). The summed E-state index contributed by atoms with van der Waals surface area (Å²) in [5.41, 5.74) is 1.75. The van der Waals surface area contributed by atoms with Crippen LogP contribution in [0.15, 0.2) is 24.3 Å². The molecule has 2 N–H and O–H groups in total. The van der Waals surface area contributed by atoms with Gasteiger partial charge in [-0.2, -0.15) is 0 Å². The minimum atomic E-state index is -0.853. The average molecular weight is 389 g/mol. The smallest absolute Gasteiger partial charge is 0.317 e. The topological polar surface area (TPSA) is 82.5 Å². The molecule has 1 fully saturated rings. The average Bonchev–Trinajstić information content (AvgIpc) is 3.30. The zero-order valence-electron chi connectivity index (χ0n) is 14.7. The summed E-state index contributed by atoms with van der Waals surface area (Å²) in [7, 11) is 0. The number of thiazole rings is 1. The molecule has 142 valence electrons. The Balaban J connectivity index is 1.49. The zero-order chi connectivity index (χ0) is 19.0. The number of aryl methyl sites for hydroxylation is 1. The van der Waals surface area contributed by atoms with Crippen molar-refractivity contribution in [3.63, 3.8) is 0 Å². The Kier molecular flexibility index (Phi) is 4.82. The van der Waals surface area contributed by atoms with E-state index in [1.54, 1.807) is 28.4 Å². The summed E-state index contributed by atoms with van der Waals surface area (Å²) in [6.45, 7) is 0.707. The van der Waals surface area contributed by atoms with Crippen molar-refractivity contribution in [3.8, 4) is 10.6 Å². The molecule has 1 saturated heterocycles. The van der Waals surface area contributed by atoms with Gasteiger partial charge in [-0.25, -0.2) is 14.2 Å². The Bertz CT molecular complexity index is 868. The van der Waals surface area contributed by atoms with Crippen LogP contribution in [0, 0.1) is 11.7 Å². The molecule has 2 aliphatic rings. The molecule has 1 aliphatic carbocycles. The predicted octanol–water partition coefficient (Wildman–Crippen LogP) is 3.44. The van der Waals surface area contributed by atoms with Crippen molar-refractivity contribution in [2.24, 2.45) is 5.92 Å². The zero-order valence-corrected chi connectivity index (χ0v) is 15.5. The molecule has 2 amide bonds. The summed E-state index contributed by atoms with van der Waals surface area (Å²) in [5.74, 6) is -1.62. The lowest BCUT2D eigenvalue weighted by Gasteiger charge is -2.25. The van der Waals surface area contributed by atoms with E-state index in [9.17, 15) is 14.0 Å². The minimum Gasteiger partial charge on any atom is -0.481 e. The van der Waals surface area contributed by atoms with Gasteiger partial charge < -0.3 is 15.3 Å². The Morgan fingerprint density at radius 3 is 2.74 bits per heavy atom. The lowest BCUT2D eigenvalue weighted by Crippen LogP contribution is -2.41. The number of aromatic nitrogens is 1. The molecule has 1 aromatic heterocycles. The number of hydrogen-bond acceptors (Lipinski definition) is 4. The molecule has 0 radical (unpaired) electrons. The first-order valence-corrected chi connectivity index (χ1v) is 9.86. The van der Waals surface area contributed by atoms with Gasteiger partial charge in [-0.1, -0.05) is 0 Å². The van der Waals surface area contributed by atoms with Crippen molar-refractivity contribution in [2.45, 2.75) is 31.7 Å². The van der Waals surface area contributed by atoms with Crippen LogP contribution >= 0.6 is 11.3 Å². The van der Waals surface area contributed by atoms with Crippen LogP contribution in [0.2, 0.25) is 0 Å². The molecule has 6 nitrogen and oxygen atoms in total. The summed E-state index contributed by atoms with van der Waals surface area (Å²) in [6, 6.07) is 5.86. The van der Waals surface area contributed by atoms with E-state index < -0.39 is 11.9 Å². The molecule has 4 rings (SSSR count). The van der Waals surface area contributed by atoms with Crippen molar-refractivity contribution in [1.82, 2.24) is 15.2 Å². The Labute approximate surface area is 160 Å². The number of likely N-dealkylation sites (tertiary alicyclic amines) is 1. The van der Waals surface area contributed by atoms with Crippen LogP contribution in [-0.4, -0.2) is 40.1 Å².